The predicted molar refractivity (Wildman–Crippen MR) is 86.4 cm³/mol. The standard InChI is InChI=1S/C18H14N4O/c19-9-13-1-5-15(6-2-13)16-7-3-14(4-8-16)11-22-12-17(10-21-22)18(20)23/h1-8,10,12H,11H2,(H2,20,23). The maximum Gasteiger partial charge on any atom is 0.251 e. The van der Waals surface area contributed by atoms with Gasteiger partial charge in [0.2, 0.25) is 0 Å². The smallest absolute Gasteiger partial charge is 0.251 e. The summed E-state index contributed by atoms with van der Waals surface area (Å²) in [6.07, 6.45) is 3.10. The first-order valence-corrected chi connectivity index (χ1v) is 7.07. The summed E-state index contributed by atoms with van der Waals surface area (Å²) in [5.74, 6) is -0.479. The number of primary amides is 1. The molecule has 23 heavy (non-hydrogen) atoms. The zero-order valence-electron chi connectivity index (χ0n) is 12.3. The molecule has 0 aliphatic rings. The number of hydrogen-bond acceptors (Lipinski definition) is 3. The maximum absolute atomic E-state index is 11.1. The first kappa shape index (κ1) is 14.5. The van der Waals surface area contributed by atoms with Gasteiger partial charge in [-0.05, 0) is 28.8 Å². The minimum absolute atomic E-state index is 0.402. The average molecular weight is 302 g/mol. The predicted octanol–water partition coefficient (Wildman–Crippen LogP) is 2.57. The fourth-order valence-corrected chi connectivity index (χ4v) is 2.30. The molecule has 0 saturated heterocycles. The Morgan fingerprint density at radius 3 is 2.22 bits per heavy atom. The lowest BCUT2D eigenvalue weighted by Gasteiger charge is -2.05. The summed E-state index contributed by atoms with van der Waals surface area (Å²) in [6, 6.07) is 17.7. The van der Waals surface area contributed by atoms with Crippen molar-refractivity contribution in [1.29, 1.82) is 5.26 Å². The van der Waals surface area contributed by atoms with Crippen molar-refractivity contribution in [3.05, 3.63) is 77.6 Å². The van der Waals surface area contributed by atoms with Gasteiger partial charge in [-0.3, -0.25) is 9.48 Å². The molecule has 0 aliphatic carbocycles. The van der Waals surface area contributed by atoms with E-state index in [0.29, 0.717) is 17.7 Å². The molecule has 0 fully saturated rings. The van der Waals surface area contributed by atoms with Crippen LogP contribution in [0.4, 0.5) is 0 Å². The molecule has 0 spiro atoms. The van der Waals surface area contributed by atoms with Gasteiger partial charge < -0.3 is 5.73 Å². The van der Waals surface area contributed by atoms with Crippen molar-refractivity contribution in [2.75, 3.05) is 0 Å². The number of aromatic nitrogens is 2. The highest BCUT2D eigenvalue weighted by Gasteiger charge is 2.05. The van der Waals surface area contributed by atoms with Crippen LogP contribution in [0.1, 0.15) is 21.5 Å². The van der Waals surface area contributed by atoms with Crippen molar-refractivity contribution in [3.63, 3.8) is 0 Å². The van der Waals surface area contributed by atoms with E-state index < -0.39 is 5.91 Å². The van der Waals surface area contributed by atoms with Gasteiger partial charge in [-0.25, -0.2) is 0 Å². The Labute approximate surface area is 133 Å². The number of benzene rings is 2. The van der Waals surface area contributed by atoms with Crippen LogP contribution in [0.5, 0.6) is 0 Å². The number of nitrogens with zero attached hydrogens (tertiary/aromatic N) is 3. The van der Waals surface area contributed by atoms with Crippen molar-refractivity contribution in [1.82, 2.24) is 9.78 Å². The number of nitrogens with two attached hydrogens (primary N) is 1. The highest BCUT2D eigenvalue weighted by Crippen LogP contribution is 2.20. The van der Waals surface area contributed by atoms with Crippen LogP contribution in [0.25, 0.3) is 11.1 Å². The Balaban J connectivity index is 1.75. The molecule has 0 unspecified atom stereocenters. The Kier molecular flexibility index (Phi) is 3.89. The summed E-state index contributed by atoms with van der Waals surface area (Å²) in [4.78, 5) is 11.1. The SMILES string of the molecule is N#Cc1ccc(-c2ccc(Cn3cc(C(N)=O)cn3)cc2)cc1. The van der Waals surface area contributed by atoms with Gasteiger partial charge in [0.15, 0.2) is 0 Å². The minimum atomic E-state index is -0.479. The Bertz CT molecular complexity index is 871. The average Bonchev–Trinajstić information content (AvgIpc) is 3.04. The molecule has 0 bridgehead atoms. The number of carbonyl (C=O) groups excluding carboxylic acids is 1. The molecule has 1 heterocycles. The van der Waals surface area contributed by atoms with Crippen LogP contribution in [0.2, 0.25) is 0 Å². The molecule has 5 nitrogen and oxygen atoms in total. The molecule has 5 heteroatoms. The molecule has 0 atom stereocenters. The number of carbonyl (C=O) groups is 1. The Hall–Kier alpha value is -3.39. The third-order valence-corrected chi connectivity index (χ3v) is 3.56. The normalized spacial score (nSPS) is 10.2. The third-order valence-electron chi connectivity index (χ3n) is 3.56. The summed E-state index contributed by atoms with van der Waals surface area (Å²) in [5.41, 5.74) is 9.47. The van der Waals surface area contributed by atoms with E-state index in [0.717, 1.165) is 16.7 Å². The fraction of sp³-hybridized carbons (Fsp3) is 0.0556. The van der Waals surface area contributed by atoms with Gasteiger partial charge in [-0.15, -0.1) is 0 Å². The molecule has 2 N–H and O–H groups in total. The van der Waals surface area contributed by atoms with Gasteiger partial charge in [-0.1, -0.05) is 36.4 Å². The number of amides is 1. The second-order valence-electron chi connectivity index (χ2n) is 5.18. The lowest BCUT2D eigenvalue weighted by molar-refractivity contribution is 0.1000. The lowest BCUT2D eigenvalue weighted by atomic mass is 10.0. The van der Waals surface area contributed by atoms with E-state index in [9.17, 15) is 4.79 Å². The molecule has 3 aromatic rings. The molecule has 1 amide bonds. The molecular weight excluding hydrogens is 288 g/mol. The first-order chi connectivity index (χ1) is 11.2. The van der Waals surface area contributed by atoms with Crippen molar-refractivity contribution in [3.8, 4) is 17.2 Å². The fourth-order valence-electron chi connectivity index (χ4n) is 2.30. The molecule has 2 aromatic carbocycles. The summed E-state index contributed by atoms with van der Waals surface area (Å²) < 4.78 is 1.68. The second kappa shape index (κ2) is 6.16. The highest BCUT2D eigenvalue weighted by molar-refractivity contribution is 5.92. The van der Waals surface area contributed by atoms with E-state index in [2.05, 4.69) is 11.2 Å². The van der Waals surface area contributed by atoms with Gasteiger partial charge in [0.25, 0.3) is 5.91 Å². The van der Waals surface area contributed by atoms with Crippen molar-refractivity contribution in [2.24, 2.45) is 5.73 Å². The van der Waals surface area contributed by atoms with E-state index in [4.69, 9.17) is 11.0 Å². The summed E-state index contributed by atoms with van der Waals surface area (Å²) >= 11 is 0. The number of hydrogen-bond donors (Lipinski definition) is 1. The number of rotatable bonds is 4. The monoisotopic (exact) mass is 302 g/mol. The maximum atomic E-state index is 11.1. The van der Waals surface area contributed by atoms with Gasteiger partial charge in [0, 0.05) is 6.20 Å². The molecule has 112 valence electrons. The van der Waals surface area contributed by atoms with E-state index in [1.165, 1.54) is 6.20 Å². The molecule has 0 radical (unpaired) electrons. The van der Waals surface area contributed by atoms with E-state index in [1.54, 1.807) is 23.0 Å². The van der Waals surface area contributed by atoms with E-state index >= 15 is 0 Å². The van der Waals surface area contributed by atoms with Crippen molar-refractivity contribution in [2.45, 2.75) is 6.54 Å². The number of nitriles is 1. The third kappa shape index (κ3) is 3.27. The topological polar surface area (TPSA) is 84.7 Å². The quantitative estimate of drug-likeness (QED) is 0.803. The van der Waals surface area contributed by atoms with Crippen LogP contribution in [0, 0.1) is 11.3 Å². The van der Waals surface area contributed by atoms with Crippen LogP contribution in [-0.2, 0) is 6.54 Å². The summed E-state index contributed by atoms with van der Waals surface area (Å²) in [5, 5.41) is 12.9. The molecular formula is C18H14N4O. The van der Waals surface area contributed by atoms with E-state index in [1.807, 2.05) is 36.4 Å². The highest BCUT2D eigenvalue weighted by atomic mass is 16.1. The lowest BCUT2D eigenvalue weighted by Crippen LogP contribution is -2.09. The van der Waals surface area contributed by atoms with Crippen LogP contribution in [0.3, 0.4) is 0 Å². The zero-order valence-corrected chi connectivity index (χ0v) is 12.3. The van der Waals surface area contributed by atoms with Crippen LogP contribution < -0.4 is 5.73 Å². The molecule has 3 rings (SSSR count). The molecule has 1 aromatic heterocycles. The van der Waals surface area contributed by atoms with Gasteiger partial charge in [0.1, 0.15) is 0 Å². The molecule has 0 aliphatic heterocycles. The van der Waals surface area contributed by atoms with Gasteiger partial charge >= 0.3 is 0 Å². The Morgan fingerprint density at radius 2 is 1.70 bits per heavy atom. The van der Waals surface area contributed by atoms with Crippen LogP contribution >= 0.6 is 0 Å². The van der Waals surface area contributed by atoms with Crippen molar-refractivity contribution < 1.29 is 4.79 Å². The molecule has 0 saturated carbocycles. The van der Waals surface area contributed by atoms with Crippen LogP contribution in [0.15, 0.2) is 60.9 Å². The Morgan fingerprint density at radius 1 is 1.09 bits per heavy atom. The zero-order chi connectivity index (χ0) is 16.2. The minimum Gasteiger partial charge on any atom is -0.366 e. The van der Waals surface area contributed by atoms with Crippen LogP contribution in [-0.4, -0.2) is 15.7 Å². The summed E-state index contributed by atoms with van der Waals surface area (Å²) in [6.45, 7) is 0.570. The van der Waals surface area contributed by atoms with E-state index in [-0.39, 0.29) is 0 Å². The van der Waals surface area contributed by atoms with Gasteiger partial charge in [-0.2, -0.15) is 10.4 Å². The second-order valence-corrected chi connectivity index (χ2v) is 5.18. The largest absolute Gasteiger partial charge is 0.366 e. The first-order valence-electron chi connectivity index (χ1n) is 7.07. The van der Waals surface area contributed by atoms with Gasteiger partial charge in [0.05, 0.1) is 29.9 Å². The summed E-state index contributed by atoms with van der Waals surface area (Å²) in [7, 11) is 0. The van der Waals surface area contributed by atoms with Crippen molar-refractivity contribution >= 4 is 5.91 Å².